The third-order valence-corrected chi connectivity index (χ3v) is 6.41. The van der Waals surface area contributed by atoms with Crippen LogP contribution in [0.5, 0.6) is 0 Å². The average Bonchev–Trinajstić information content (AvgIpc) is 3.61. The molecule has 7 nitrogen and oxygen atoms in total. The van der Waals surface area contributed by atoms with E-state index >= 15 is 0 Å². The van der Waals surface area contributed by atoms with Crippen molar-refractivity contribution in [1.82, 2.24) is 14.9 Å². The molecule has 1 saturated carbocycles. The minimum Gasteiger partial charge on any atom is -0.392 e. The quantitative estimate of drug-likeness (QED) is 0.518. The molecule has 7 heteroatoms. The first-order chi connectivity index (χ1) is 16.1. The highest BCUT2D eigenvalue weighted by molar-refractivity contribution is 6.04. The molecule has 3 aromatic rings. The van der Waals surface area contributed by atoms with E-state index in [0.29, 0.717) is 23.7 Å². The smallest absolute Gasteiger partial charge is 0.255 e. The molecule has 1 aromatic carbocycles. The molecule has 0 unspecified atom stereocenters. The number of β-amino-alcohol motifs (C(OH)–C–C–N with tert-alkyl or cyclic N) is 1. The number of nitrogens with one attached hydrogen (secondary N) is 1. The standard InChI is InChI=1S/C26H29N5O2/c27-13-22-6-5-19(14-29-22)25-12-21(7-9-28-25)30-26(33)18-3-4-20(24(11-18)17-1-2-17)15-31-10-8-23(32)16-31/h3-7,9,11-12,14,17,23,32H,1-2,8,10,13,15-16,27H2,(H,28,30,33)/t23-/m1/s1. The second-order valence-electron chi connectivity index (χ2n) is 8.99. The summed E-state index contributed by atoms with van der Waals surface area (Å²) in [5, 5.41) is 12.8. The van der Waals surface area contributed by atoms with Crippen molar-refractivity contribution in [3.8, 4) is 11.3 Å². The fourth-order valence-corrected chi connectivity index (χ4v) is 4.42. The molecule has 170 valence electrons. The number of amides is 1. The van der Waals surface area contributed by atoms with Gasteiger partial charge in [0.1, 0.15) is 0 Å². The Labute approximate surface area is 193 Å². The van der Waals surface area contributed by atoms with E-state index in [2.05, 4.69) is 26.3 Å². The number of benzene rings is 1. The number of hydrogen-bond donors (Lipinski definition) is 3. The number of nitrogens with zero attached hydrogens (tertiary/aromatic N) is 3. The number of hydrogen-bond acceptors (Lipinski definition) is 6. The maximum Gasteiger partial charge on any atom is 0.255 e. The second kappa shape index (κ2) is 9.39. The summed E-state index contributed by atoms with van der Waals surface area (Å²) >= 11 is 0. The van der Waals surface area contributed by atoms with Crippen LogP contribution in [0.15, 0.2) is 54.9 Å². The SMILES string of the molecule is NCc1ccc(-c2cc(NC(=O)c3ccc(CN4CC[C@@H](O)C4)c(C4CC4)c3)ccn2)cn1. The number of carbonyl (C=O) groups is 1. The lowest BCUT2D eigenvalue weighted by Crippen LogP contribution is -2.22. The van der Waals surface area contributed by atoms with Crippen LogP contribution in [0.25, 0.3) is 11.3 Å². The van der Waals surface area contributed by atoms with E-state index in [-0.39, 0.29) is 12.0 Å². The van der Waals surface area contributed by atoms with E-state index in [4.69, 9.17) is 5.73 Å². The van der Waals surface area contributed by atoms with Crippen LogP contribution in [0.3, 0.4) is 0 Å². The van der Waals surface area contributed by atoms with Gasteiger partial charge in [-0.25, -0.2) is 0 Å². The fraction of sp³-hybridized carbons (Fsp3) is 0.346. The Bertz CT molecular complexity index is 1140. The molecule has 5 rings (SSSR count). The Kier molecular flexibility index (Phi) is 6.17. The van der Waals surface area contributed by atoms with Crippen molar-refractivity contribution in [3.05, 3.63) is 77.2 Å². The van der Waals surface area contributed by atoms with Crippen molar-refractivity contribution >= 4 is 11.6 Å². The van der Waals surface area contributed by atoms with Crippen LogP contribution in [-0.2, 0) is 13.1 Å². The summed E-state index contributed by atoms with van der Waals surface area (Å²) in [6.45, 7) is 2.87. The predicted octanol–water partition coefficient (Wildman–Crippen LogP) is 3.30. The van der Waals surface area contributed by atoms with E-state index in [0.717, 1.165) is 43.0 Å². The lowest BCUT2D eigenvalue weighted by Gasteiger charge is -2.18. The number of rotatable bonds is 7. The molecular formula is C26H29N5O2. The zero-order chi connectivity index (χ0) is 22.8. The predicted molar refractivity (Wildman–Crippen MR) is 128 cm³/mol. The van der Waals surface area contributed by atoms with Crippen molar-refractivity contribution in [2.24, 2.45) is 5.73 Å². The van der Waals surface area contributed by atoms with Crippen molar-refractivity contribution in [3.63, 3.8) is 0 Å². The van der Waals surface area contributed by atoms with Crippen LogP contribution in [-0.4, -0.2) is 45.1 Å². The third kappa shape index (κ3) is 5.11. The summed E-state index contributed by atoms with van der Waals surface area (Å²) in [6.07, 6.45) is 6.39. The maximum absolute atomic E-state index is 13.0. The molecule has 0 radical (unpaired) electrons. The van der Waals surface area contributed by atoms with Crippen molar-refractivity contribution in [2.45, 2.75) is 44.4 Å². The highest BCUT2D eigenvalue weighted by Gasteiger charge is 2.28. The third-order valence-electron chi connectivity index (χ3n) is 6.41. The summed E-state index contributed by atoms with van der Waals surface area (Å²) in [5.41, 5.74) is 11.9. The Morgan fingerprint density at radius 1 is 1.12 bits per heavy atom. The minimum absolute atomic E-state index is 0.131. The lowest BCUT2D eigenvalue weighted by atomic mass is 9.99. The number of aromatic nitrogens is 2. The molecule has 1 aliphatic heterocycles. The van der Waals surface area contributed by atoms with Gasteiger partial charge in [-0.15, -0.1) is 0 Å². The molecular weight excluding hydrogens is 414 g/mol. The molecule has 2 aliphatic rings. The molecule has 1 aliphatic carbocycles. The lowest BCUT2D eigenvalue weighted by molar-refractivity contribution is 0.102. The summed E-state index contributed by atoms with van der Waals surface area (Å²) in [4.78, 5) is 24.1. The summed E-state index contributed by atoms with van der Waals surface area (Å²) in [7, 11) is 0. The van der Waals surface area contributed by atoms with Gasteiger partial charge < -0.3 is 16.2 Å². The first-order valence-electron chi connectivity index (χ1n) is 11.5. The Balaban J connectivity index is 1.32. The van der Waals surface area contributed by atoms with Crippen LogP contribution < -0.4 is 11.1 Å². The van der Waals surface area contributed by atoms with Crippen LogP contribution >= 0.6 is 0 Å². The number of likely N-dealkylation sites (tertiary alicyclic amines) is 1. The highest BCUT2D eigenvalue weighted by Crippen LogP contribution is 2.42. The molecule has 4 N–H and O–H groups in total. The van der Waals surface area contributed by atoms with Crippen LogP contribution in [0.1, 0.15) is 52.4 Å². The van der Waals surface area contributed by atoms with Gasteiger partial charge in [0.15, 0.2) is 0 Å². The van der Waals surface area contributed by atoms with Gasteiger partial charge in [-0.05, 0) is 72.7 Å². The first-order valence-corrected chi connectivity index (χ1v) is 11.5. The number of aliphatic hydroxyl groups excluding tert-OH is 1. The van der Waals surface area contributed by atoms with E-state index < -0.39 is 0 Å². The van der Waals surface area contributed by atoms with Gasteiger partial charge in [-0.2, -0.15) is 0 Å². The van der Waals surface area contributed by atoms with Gasteiger partial charge in [0.25, 0.3) is 5.91 Å². The molecule has 0 bridgehead atoms. The molecule has 1 atom stereocenters. The van der Waals surface area contributed by atoms with E-state index in [1.54, 1.807) is 18.5 Å². The van der Waals surface area contributed by atoms with Crippen molar-refractivity contribution < 1.29 is 9.90 Å². The van der Waals surface area contributed by atoms with E-state index in [1.165, 1.54) is 24.0 Å². The molecule has 0 spiro atoms. The van der Waals surface area contributed by atoms with E-state index in [1.807, 2.05) is 30.3 Å². The number of nitrogens with two attached hydrogens (primary N) is 1. The average molecular weight is 444 g/mol. The van der Waals surface area contributed by atoms with Crippen molar-refractivity contribution in [1.29, 1.82) is 0 Å². The zero-order valence-electron chi connectivity index (χ0n) is 18.6. The van der Waals surface area contributed by atoms with E-state index in [9.17, 15) is 9.90 Å². The van der Waals surface area contributed by atoms with Crippen LogP contribution in [0.4, 0.5) is 5.69 Å². The van der Waals surface area contributed by atoms with Crippen molar-refractivity contribution in [2.75, 3.05) is 18.4 Å². The summed E-state index contributed by atoms with van der Waals surface area (Å²) in [6, 6.07) is 13.5. The second-order valence-corrected chi connectivity index (χ2v) is 8.99. The van der Waals surface area contributed by atoms with Gasteiger partial charge in [0.2, 0.25) is 0 Å². The molecule has 1 amide bonds. The molecule has 33 heavy (non-hydrogen) atoms. The summed E-state index contributed by atoms with van der Waals surface area (Å²) in [5.74, 6) is 0.408. The molecule has 1 saturated heterocycles. The largest absolute Gasteiger partial charge is 0.392 e. The fourth-order valence-electron chi connectivity index (χ4n) is 4.42. The maximum atomic E-state index is 13.0. The van der Waals surface area contributed by atoms with Crippen LogP contribution in [0.2, 0.25) is 0 Å². The normalized spacial score (nSPS) is 18.4. The number of aliphatic hydroxyl groups is 1. The highest BCUT2D eigenvalue weighted by atomic mass is 16.3. The summed E-state index contributed by atoms with van der Waals surface area (Å²) < 4.78 is 0. The Morgan fingerprint density at radius 2 is 2.00 bits per heavy atom. The minimum atomic E-state index is -0.223. The first kappa shape index (κ1) is 21.7. The number of anilines is 1. The number of pyridine rings is 2. The topological polar surface area (TPSA) is 104 Å². The van der Waals surface area contributed by atoms with Gasteiger partial charge in [-0.1, -0.05) is 6.07 Å². The van der Waals surface area contributed by atoms with Gasteiger partial charge in [-0.3, -0.25) is 19.7 Å². The molecule has 2 fully saturated rings. The zero-order valence-corrected chi connectivity index (χ0v) is 18.6. The van der Waals surface area contributed by atoms with Gasteiger partial charge in [0.05, 0.1) is 17.5 Å². The molecule has 3 heterocycles. The monoisotopic (exact) mass is 443 g/mol. The molecule has 2 aromatic heterocycles. The van der Waals surface area contributed by atoms with Gasteiger partial charge >= 0.3 is 0 Å². The van der Waals surface area contributed by atoms with Crippen LogP contribution in [0, 0.1) is 0 Å². The number of carbonyl (C=O) groups excluding carboxylic acids is 1. The Hall–Kier alpha value is -3.13. The van der Waals surface area contributed by atoms with Gasteiger partial charge in [0, 0.05) is 55.4 Å². The Morgan fingerprint density at radius 3 is 2.70 bits per heavy atom.